The normalized spacial score (nSPS) is 11.4. The third kappa shape index (κ3) is 3.06. The molecule has 4 aromatic rings. The van der Waals surface area contributed by atoms with E-state index in [2.05, 4.69) is 70.3 Å². The average Bonchev–Trinajstić information content (AvgIpc) is 3.16. The van der Waals surface area contributed by atoms with Gasteiger partial charge in [-0.2, -0.15) is 5.10 Å². The van der Waals surface area contributed by atoms with E-state index in [9.17, 15) is 0 Å². The van der Waals surface area contributed by atoms with Crippen molar-refractivity contribution in [2.45, 2.75) is 13.8 Å². The van der Waals surface area contributed by atoms with Gasteiger partial charge in [0.15, 0.2) is 0 Å². The molecule has 0 saturated heterocycles. The molecule has 0 aliphatic rings. The monoisotopic (exact) mass is 346 g/mol. The Hall–Kier alpha value is -2.92. The molecule has 1 N–H and O–H groups in total. The number of rotatable bonds is 4. The molecule has 0 atom stereocenters. The summed E-state index contributed by atoms with van der Waals surface area (Å²) >= 11 is 1.60. The molecule has 0 amide bonds. The summed E-state index contributed by atoms with van der Waals surface area (Å²) in [6.07, 6.45) is 1.86. The van der Waals surface area contributed by atoms with Gasteiger partial charge in [-0.05, 0) is 44.2 Å². The fraction of sp³-hybridized carbons (Fsp3) is 0.100. The zero-order valence-electron chi connectivity index (χ0n) is 14.1. The van der Waals surface area contributed by atoms with Crippen molar-refractivity contribution in [2.24, 2.45) is 5.10 Å². The second kappa shape index (κ2) is 6.53. The molecule has 2 aromatic heterocycles. The second-order valence-electron chi connectivity index (χ2n) is 5.85. The third-order valence-electron chi connectivity index (χ3n) is 4.14. The van der Waals surface area contributed by atoms with Gasteiger partial charge in [0.05, 0.1) is 16.4 Å². The van der Waals surface area contributed by atoms with Crippen molar-refractivity contribution < 1.29 is 0 Å². The van der Waals surface area contributed by atoms with E-state index in [1.165, 1.54) is 11.4 Å². The fourth-order valence-corrected chi connectivity index (χ4v) is 3.79. The standard InChI is InChI=1S/C20H18N4S/c1-14-12-16(15(2)24(14)17-8-4-3-5-9-17)13-21-23-20-22-18-10-6-7-11-19(18)25-20/h3-13H,1-2H3,(H,22,23)/b21-13-. The number of anilines is 1. The Morgan fingerprint density at radius 2 is 1.80 bits per heavy atom. The van der Waals surface area contributed by atoms with E-state index in [-0.39, 0.29) is 0 Å². The molecule has 0 aliphatic carbocycles. The first kappa shape index (κ1) is 15.6. The van der Waals surface area contributed by atoms with E-state index in [1.54, 1.807) is 11.3 Å². The van der Waals surface area contributed by atoms with Gasteiger partial charge in [0.1, 0.15) is 0 Å². The maximum Gasteiger partial charge on any atom is 0.204 e. The maximum absolute atomic E-state index is 4.53. The van der Waals surface area contributed by atoms with Crippen LogP contribution in [0.25, 0.3) is 15.9 Å². The van der Waals surface area contributed by atoms with Crippen LogP contribution in [0.2, 0.25) is 0 Å². The van der Waals surface area contributed by atoms with Gasteiger partial charge >= 0.3 is 0 Å². The van der Waals surface area contributed by atoms with Gasteiger partial charge in [0, 0.05) is 22.6 Å². The van der Waals surface area contributed by atoms with Crippen LogP contribution in [0.15, 0.2) is 65.8 Å². The number of para-hydroxylation sites is 2. The van der Waals surface area contributed by atoms with Gasteiger partial charge in [-0.15, -0.1) is 0 Å². The Morgan fingerprint density at radius 1 is 1.04 bits per heavy atom. The Labute approximate surface area is 150 Å². The number of benzene rings is 2. The summed E-state index contributed by atoms with van der Waals surface area (Å²) in [4.78, 5) is 4.53. The Bertz CT molecular complexity index is 1010. The van der Waals surface area contributed by atoms with Crippen LogP contribution in [-0.2, 0) is 0 Å². The van der Waals surface area contributed by atoms with Crippen LogP contribution in [-0.4, -0.2) is 15.8 Å². The van der Waals surface area contributed by atoms with Crippen LogP contribution in [0.3, 0.4) is 0 Å². The predicted octanol–water partition coefficient (Wildman–Crippen LogP) is 5.15. The largest absolute Gasteiger partial charge is 0.318 e. The number of nitrogens with zero attached hydrogens (tertiary/aromatic N) is 3. The summed E-state index contributed by atoms with van der Waals surface area (Å²) in [5.74, 6) is 0. The minimum absolute atomic E-state index is 0.800. The van der Waals surface area contributed by atoms with Crippen LogP contribution in [0, 0.1) is 13.8 Å². The highest BCUT2D eigenvalue weighted by atomic mass is 32.1. The van der Waals surface area contributed by atoms with E-state index in [4.69, 9.17) is 0 Å². The van der Waals surface area contributed by atoms with Crippen molar-refractivity contribution >= 4 is 32.9 Å². The highest BCUT2D eigenvalue weighted by Crippen LogP contribution is 2.25. The first-order chi connectivity index (χ1) is 12.2. The maximum atomic E-state index is 4.53. The molecule has 4 nitrogen and oxygen atoms in total. The molecule has 0 saturated carbocycles. The molecule has 25 heavy (non-hydrogen) atoms. The molecule has 0 radical (unpaired) electrons. The summed E-state index contributed by atoms with van der Waals surface area (Å²) in [5.41, 5.74) is 8.65. The molecule has 4 rings (SSSR count). The molecule has 2 aromatic carbocycles. The number of hydrazone groups is 1. The molecule has 0 unspecified atom stereocenters. The smallest absolute Gasteiger partial charge is 0.204 e. The minimum atomic E-state index is 0.800. The molecule has 0 bridgehead atoms. The highest BCUT2D eigenvalue weighted by Gasteiger charge is 2.09. The average molecular weight is 346 g/mol. The SMILES string of the molecule is Cc1cc(/C=N\Nc2nc3ccccc3s2)c(C)n1-c1ccccc1. The van der Waals surface area contributed by atoms with Crippen molar-refractivity contribution in [3.05, 3.63) is 77.6 Å². The zero-order valence-corrected chi connectivity index (χ0v) is 14.9. The highest BCUT2D eigenvalue weighted by molar-refractivity contribution is 7.22. The summed E-state index contributed by atoms with van der Waals surface area (Å²) in [7, 11) is 0. The van der Waals surface area contributed by atoms with E-state index in [1.807, 2.05) is 30.5 Å². The third-order valence-corrected chi connectivity index (χ3v) is 5.08. The Morgan fingerprint density at radius 3 is 2.60 bits per heavy atom. The molecule has 124 valence electrons. The van der Waals surface area contributed by atoms with Gasteiger partial charge in [-0.3, -0.25) is 5.43 Å². The van der Waals surface area contributed by atoms with Gasteiger partial charge < -0.3 is 4.57 Å². The molecule has 0 aliphatic heterocycles. The van der Waals surface area contributed by atoms with Crippen molar-refractivity contribution in [3.63, 3.8) is 0 Å². The quantitative estimate of drug-likeness (QED) is 0.410. The van der Waals surface area contributed by atoms with Crippen molar-refractivity contribution in [3.8, 4) is 5.69 Å². The van der Waals surface area contributed by atoms with Gasteiger partial charge in [0.25, 0.3) is 0 Å². The van der Waals surface area contributed by atoms with Crippen LogP contribution in [0.5, 0.6) is 0 Å². The van der Waals surface area contributed by atoms with Gasteiger partial charge in [0.2, 0.25) is 5.13 Å². The van der Waals surface area contributed by atoms with Crippen molar-refractivity contribution in [1.82, 2.24) is 9.55 Å². The van der Waals surface area contributed by atoms with Crippen LogP contribution in [0.1, 0.15) is 17.0 Å². The summed E-state index contributed by atoms with van der Waals surface area (Å²) in [6, 6.07) is 20.6. The first-order valence-corrected chi connectivity index (χ1v) is 8.93. The number of hydrogen-bond acceptors (Lipinski definition) is 4. The van der Waals surface area contributed by atoms with E-state index in [0.29, 0.717) is 0 Å². The lowest BCUT2D eigenvalue weighted by atomic mass is 10.2. The lowest BCUT2D eigenvalue weighted by molar-refractivity contribution is 0.965. The Balaban J connectivity index is 1.57. The topological polar surface area (TPSA) is 42.2 Å². The van der Waals surface area contributed by atoms with Gasteiger partial charge in [-0.25, -0.2) is 4.98 Å². The van der Waals surface area contributed by atoms with Crippen LogP contribution >= 0.6 is 11.3 Å². The number of nitrogens with one attached hydrogen (secondary N) is 1. The fourth-order valence-electron chi connectivity index (χ4n) is 2.97. The van der Waals surface area contributed by atoms with Crippen molar-refractivity contribution in [2.75, 3.05) is 5.43 Å². The molecule has 0 spiro atoms. The van der Waals surface area contributed by atoms with Crippen molar-refractivity contribution in [1.29, 1.82) is 0 Å². The number of aromatic nitrogens is 2. The lowest BCUT2D eigenvalue weighted by Gasteiger charge is -2.08. The van der Waals surface area contributed by atoms with E-state index >= 15 is 0 Å². The lowest BCUT2D eigenvalue weighted by Crippen LogP contribution is -1.99. The van der Waals surface area contributed by atoms with Gasteiger partial charge in [-0.1, -0.05) is 41.7 Å². The van der Waals surface area contributed by atoms with Crippen LogP contribution in [0.4, 0.5) is 5.13 Å². The minimum Gasteiger partial charge on any atom is -0.318 e. The summed E-state index contributed by atoms with van der Waals surface area (Å²) < 4.78 is 3.39. The number of hydrogen-bond donors (Lipinski definition) is 1. The molecular formula is C20H18N4S. The second-order valence-corrected chi connectivity index (χ2v) is 6.88. The van der Waals surface area contributed by atoms with E-state index in [0.717, 1.165) is 26.6 Å². The molecule has 2 heterocycles. The summed E-state index contributed by atoms with van der Waals surface area (Å²) in [6.45, 7) is 4.22. The number of aryl methyl sites for hydroxylation is 1. The predicted molar refractivity (Wildman–Crippen MR) is 106 cm³/mol. The summed E-state index contributed by atoms with van der Waals surface area (Å²) in [5, 5.41) is 5.18. The number of thiazole rings is 1. The number of fused-ring (bicyclic) bond motifs is 1. The zero-order chi connectivity index (χ0) is 17.2. The van der Waals surface area contributed by atoms with E-state index < -0.39 is 0 Å². The Kier molecular flexibility index (Phi) is 4.07. The molecular weight excluding hydrogens is 328 g/mol. The molecule has 0 fully saturated rings. The van der Waals surface area contributed by atoms with Crippen LogP contribution < -0.4 is 5.43 Å². The molecule has 5 heteroatoms. The first-order valence-electron chi connectivity index (χ1n) is 8.11.